The highest BCUT2D eigenvalue weighted by molar-refractivity contribution is 5.28. The van der Waals surface area contributed by atoms with Gasteiger partial charge in [0.2, 0.25) is 0 Å². The summed E-state index contributed by atoms with van der Waals surface area (Å²) in [6.45, 7) is 13.6. The van der Waals surface area contributed by atoms with E-state index < -0.39 is 0 Å². The Kier molecular flexibility index (Phi) is 3.81. The van der Waals surface area contributed by atoms with E-state index >= 15 is 0 Å². The van der Waals surface area contributed by atoms with Crippen LogP contribution in [0.2, 0.25) is 0 Å². The monoisotopic (exact) mass is 249 g/mol. The molecule has 1 fully saturated rings. The van der Waals surface area contributed by atoms with Gasteiger partial charge in [0.05, 0.1) is 6.20 Å². The smallest absolute Gasteiger partial charge is 0.0525 e. The first-order valence-corrected chi connectivity index (χ1v) is 7.23. The van der Waals surface area contributed by atoms with E-state index in [0.29, 0.717) is 17.4 Å². The summed E-state index contributed by atoms with van der Waals surface area (Å²) in [6.07, 6.45) is 5.51. The van der Waals surface area contributed by atoms with Crippen LogP contribution >= 0.6 is 0 Å². The lowest BCUT2D eigenvalue weighted by Gasteiger charge is -2.03. The molecule has 1 saturated carbocycles. The third kappa shape index (κ3) is 2.46. The number of hydrogen-bond donors (Lipinski definition) is 1. The maximum atomic E-state index is 4.47. The molecule has 1 aromatic heterocycles. The van der Waals surface area contributed by atoms with Crippen LogP contribution < -0.4 is 5.32 Å². The third-order valence-corrected chi connectivity index (χ3v) is 4.35. The van der Waals surface area contributed by atoms with E-state index in [1.807, 2.05) is 0 Å². The molecule has 2 rings (SSSR count). The quantitative estimate of drug-likeness (QED) is 0.785. The fourth-order valence-electron chi connectivity index (χ4n) is 3.02. The Balaban J connectivity index is 2.00. The van der Waals surface area contributed by atoms with Gasteiger partial charge >= 0.3 is 0 Å². The summed E-state index contributed by atoms with van der Waals surface area (Å²) in [4.78, 5) is 0. The molecule has 0 spiro atoms. The third-order valence-electron chi connectivity index (χ3n) is 4.35. The zero-order chi connectivity index (χ0) is 13.3. The number of hydrogen-bond acceptors (Lipinski definition) is 2. The predicted molar refractivity (Wildman–Crippen MR) is 75.8 cm³/mol. The highest BCUT2D eigenvalue weighted by atomic mass is 15.3. The van der Waals surface area contributed by atoms with E-state index in [2.05, 4.69) is 62.1 Å². The van der Waals surface area contributed by atoms with Crippen molar-refractivity contribution in [1.29, 1.82) is 0 Å². The second kappa shape index (κ2) is 5.04. The van der Waals surface area contributed by atoms with E-state index in [1.54, 1.807) is 0 Å². The topological polar surface area (TPSA) is 29.9 Å². The highest BCUT2D eigenvalue weighted by Gasteiger charge is 2.58. The van der Waals surface area contributed by atoms with Crippen LogP contribution in [0.25, 0.3) is 0 Å². The maximum Gasteiger partial charge on any atom is 0.0525 e. The lowest BCUT2D eigenvalue weighted by atomic mass is 10.1. The minimum atomic E-state index is 0.422. The molecule has 1 aromatic rings. The standard InChI is InChI=1S/C15H27N3/c1-6-7-16-9-13-14(15(13,4)5)12-8-17-18(10-12)11(2)3/h8,10-11,13-14,16H,6-7,9H2,1-5H3. The summed E-state index contributed by atoms with van der Waals surface area (Å²) in [7, 11) is 0. The largest absolute Gasteiger partial charge is 0.316 e. The van der Waals surface area contributed by atoms with E-state index in [-0.39, 0.29) is 0 Å². The van der Waals surface area contributed by atoms with Gasteiger partial charge in [0.25, 0.3) is 0 Å². The Labute approximate surface area is 111 Å². The fourth-order valence-corrected chi connectivity index (χ4v) is 3.02. The summed E-state index contributed by atoms with van der Waals surface area (Å²) in [5, 5.41) is 8.02. The molecule has 18 heavy (non-hydrogen) atoms. The SMILES string of the molecule is CCCNCC1C(c2cnn(C(C)C)c2)C1(C)C. The molecule has 0 bridgehead atoms. The van der Waals surface area contributed by atoms with Gasteiger partial charge in [0.1, 0.15) is 0 Å². The average molecular weight is 249 g/mol. The second-order valence-electron chi connectivity index (χ2n) is 6.46. The highest BCUT2D eigenvalue weighted by Crippen LogP contribution is 2.63. The number of nitrogens with one attached hydrogen (secondary N) is 1. The fraction of sp³-hybridized carbons (Fsp3) is 0.800. The van der Waals surface area contributed by atoms with Gasteiger partial charge in [0.15, 0.2) is 0 Å². The average Bonchev–Trinajstić information content (AvgIpc) is 2.68. The molecule has 0 amide bonds. The van der Waals surface area contributed by atoms with E-state index in [0.717, 1.165) is 19.0 Å². The molecule has 1 aliphatic carbocycles. The Hall–Kier alpha value is -0.830. The molecule has 0 radical (unpaired) electrons. The van der Waals surface area contributed by atoms with E-state index in [9.17, 15) is 0 Å². The first-order valence-electron chi connectivity index (χ1n) is 7.23. The van der Waals surface area contributed by atoms with Crippen molar-refractivity contribution in [3.8, 4) is 0 Å². The molecule has 1 heterocycles. The number of aromatic nitrogens is 2. The van der Waals surface area contributed by atoms with Crippen LogP contribution in [0.15, 0.2) is 12.4 Å². The number of nitrogens with zero attached hydrogens (tertiary/aromatic N) is 2. The Morgan fingerprint density at radius 1 is 1.44 bits per heavy atom. The first kappa shape index (κ1) is 13.6. The summed E-state index contributed by atoms with van der Waals surface area (Å²) >= 11 is 0. The normalized spacial score (nSPS) is 25.7. The molecule has 3 heteroatoms. The molecule has 2 atom stereocenters. The van der Waals surface area contributed by atoms with Gasteiger partial charge in [-0.3, -0.25) is 4.68 Å². The van der Waals surface area contributed by atoms with Crippen LogP contribution in [-0.4, -0.2) is 22.9 Å². The first-order chi connectivity index (χ1) is 8.48. The van der Waals surface area contributed by atoms with Gasteiger partial charge in [-0.05, 0) is 56.2 Å². The van der Waals surface area contributed by atoms with E-state index in [4.69, 9.17) is 0 Å². The van der Waals surface area contributed by atoms with Crippen molar-refractivity contribution in [2.75, 3.05) is 13.1 Å². The van der Waals surface area contributed by atoms with Crippen molar-refractivity contribution in [2.24, 2.45) is 11.3 Å². The van der Waals surface area contributed by atoms with Gasteiger partial charge < -0.3 is 5.32 Å². The van der Waals surface area contributed by atoms with Crippen molar-refractivity contribution < 1.29 is 0 Å². The molecular formula is C15H27N3. The Morgan fingerprint density at radius 3 is 2.72 bits per heavy atom. The van der Waals surface area contributed by atoms with Crippen molar-refractivity contribution >= 4 is 0 Å². The maximum absolute atomic E-state index is 4.47. The molecule has 1 N–H and O–H groups in total. The van der Waals surface area contributed by atoms with Crippen molar-refractivity contribution in [2.45, 2.75) is 53.0 Å². The van der Waals surface area contributed by atoms with Gasteiger partial charge in [-0.1, -0.05) is 20.8 Å². The zero-order valence-electron chi connectivity index (χ0n) is 12.4. The van der Waals surface area contributed by atoms with E-state index in [1.165, 1.54) is 12.0 Å². The van der Waals surface area contributed by atoms with Crippen LogP contribution in [0.5, 0.6) is 0 Å². The summed E-state index contributed by atoms with van der Waals surface area (Å²) in [6, 6.07) is 0.456. The van der Waals surface area contributed by atoms with Gasteiger partial charge in [0, 0.05) is 12.2 Å². The molecule has 0 aromatic carbocycles. The molecule has 3 nitrogen and oxygen atoms in total. The molecular weight excluding hydrogens is 222 g/mol. The van der Waals surface area contributed by atoms with Crippen LogP contribution in [0.1, 0.15) is 58.6 Å². The lowest BCUT2D eigenvalue weighted by Crippen LogP contribution is -2.19. The zero-order valence-corrected chi connectivity index (χ0v) is 12.4. The summed E-state index contributed by atoms with van der Waals surface area (Å²) in [5.74, 6) is 1.43. The molecule has 0 aliphatic heterocycles. The van der Waals surface area contributed by atoms with Gasteiger partial charge in [-0.15, -0.1) is 0 Å². The Morgan fingerprint density at radius 2 is 2.17 bits per heavy atom. The summed E-state index contributed by atoms with van der Waals surface area (Å²) in [5.41, 5.74) is 1.84. The van der Waals surface area contributed by atoms with Crippen LogP contribution in [0.4, 0.5) is 0 Å². The molecule has 2 unspecified atom stereocenters. The van der Waals surface area contributed by atoms with Crippen molar-refractivity contribution in [1.82, 2.24) is 15.1 Å². The second-order valence-corrected chi connectivity index (χ2v) is 6.46. The molecule has 0 saturated heterocycles. The lowest BCUT2D eigenvalue weighted by molar-refractivity contribution is 0.518. The van der Waals surface area contributed by atoms with Crippen molar-refractivity contribution in [3.05, 3.63) is 18.0 Å². The van der Waals surface area contributed by atoms with Crippen LogP contribution in [0, 0.1) is 11.3 Å². The number of rotatable bonds is 6. The summed E-state index contributed by atoms with van der Waals surface area (Å²) < 4.78 is 2.07. The van der Waals surface area contributed by atoms with Gasteiger partial charge in [-0.25, -0.2) is 0 Å². The minimum absolute atomic E-state index is 0.422. The Bertz CT molecular complexity index is 392. The van der Waals surface area contributed by atoms with Crippen LogP contribution in [-0.2, 0) is 0 Å². The van der Waals surface area contributed by atoms with Crippen molar-refractivity contribution in [3.63, 3.8) is 0 Å². The van der Waals surface area contributed by atoms with Gasteiger partial charge in [-0.2, -0.15) is 5.10 Å². The van der Waals surface area contributed by atoms with Crippen LogP contribution in [0.3, 0.4) is 0 Å². The predicted octanol–water partition coefficient (Wildman–Crippen LogP) is 3.20. The minimum Gasteiger partial charge on any atom is -0.316 e. The molecule has 1 aliphatic rings. The molecule has 102 valence electrons.